The number of aryl methyl sites for hydroxylation is 1. The number of hydrogen-bond donors (Lipinski definition) is 1. The fourth-order valence-corrected chi connectivity index (χ4v) is 4.84. The molecule has 1 saturated heterocycles. The molecule has 9 heteroatoms. The minimum Gasteiger partial charge on any atom is -0.352 e. The summed E-state index contributed by atoms with van der Waals surface area (Å²) in [5.74, 6) is -0.416. The van der Waals surface area contributed by atoms with Crippen molar-refractivity contribution in [2.24, 2.45) is 5.92 Å². The van der Waals surface area contributed by atoms with Gasteiger partial charge in [0.15, 0.2) is 5.69 Å². The molecule has 3 aromatic rings. The summed E-state index contributed by atoms with van der Waals surface area (Å²) in [5, 5.41) is 7.46. The first-order valence-corrected chi connectivity index (χ1v) is 12.5. The summed E-state index contributed by atoms with van der Waals surface area (Å²) < 4.78 is 1.67. The predicted molar refractivity (Wildman–Crippen MR) is 133 cm³/mol. The second-order valence-corrected chi connectivity index (χ2v) is 9.35. The summed E-state index contributed by atoms with van der Waals surface area (Å²) in [5.41, 5.74) is 2.77. The standard InChI is InChI=1S/C27H30N6O3/c34-25(29-18-21-8-4-11-28-17-21)22-9-14-31(15-10-22)26(35)23-16-24-27(36)32(12-5-13-33(24)30-23)19-20-6-2-1-3-7-20/h1-4,6-8,11,16-17,22H,5,9-10,12-15,18-19H2,(H,29,34). The van der Waals surface area contributed by atoms with Crippen molar-refractivity contribution in [1.29, 1.82) is 0 Å². The second kappa shape index (κ2) is 10.7. The third-order valence-electron chi connectivity index (χ3n) is 6.86. The van der Waals surface area contributed by atoms with E-state index in [1.165, 1.54) is 0 Å². The zero-order valence-electron chi connectivity index (χ0n) is 20.2. The Labute approximate surface area is 210 Å². The monoisotopic (exact) mass is 486 g/mol. The van der Waals surface area contributed by atoms with Gasteiger partial charge < -0.3 is 15.1 Å². The summed E-state index contributed by atoms with van der Waals surface area (Å²) in [6, 6.07) is 15.3. The van der Waals surface area contributed by atoms with E-state index in [1.807, 2.05) is 47.4 Å². The molecule has 0 bridgehead atoms. The van der Waals surface area contributed by atoms with Crippen molar-refractivity contribution in [3.05, 3.63) is 83.4 Å². The first kappa shape index (κ1) is 23.7. The van der Waals surface area contributed by atoms with Gasteiger partial charge in [0.2, 0.25) is 5.91 Å². The highest BCUT2D eigenvalue weighted by Crippen LogP contribution is 2.21. The number of carbonyl (C=O) groups is 3. The maximum Gasteiger partial charge on any atom is 0.274 e. The van der Waals surface area contributed by atoms with Gasteiger partial charge in [-0.3, -0.25) is 24.0 Å². The van der Waals surface area contributed by atoms with Gasteiger partial charge in [-0.25, -0.2) is 0 Å². The molecule has 1 N–H and O–H groups in total. The third-order valence-corrected chi connectivity index (χ3v) is 6.86. The van der Waals surface area contributed by atoms with Crippen LogP contribution in [-0.2, 0) is 24.4 Å². The average Bonchev–Trinajstić information content (AvgIpc) is 3.30. The normalized spacial score (nSPS) is 16.4. The zero-order chi connectivity index (χ0) is 24.9. The molecule has 1 aromatic carbocycles. The van der Waals surface area contributed by atoms with Crippen LogP contribution in [0.2, 0.25) is 0 Å². The molecule has 1 fully saturated rings. The molecular weight excluding hydrogens is 456 g/mol. The molecule has 0 aliphatic carbocycles. The van der Waals surface area contributed by atoms with Crippen LogP contribution in [0.5, 0.6) is 0 Å². The Morgan fingerprint density at radius 3 is 2.50 bits per heavy atom. The summed E-state index contributed by atoms with van der Waals surface area (Å²) in [6.45, 7) is 3.20. The van der Waals surface area contributed by atoms with Gasteiger partial charge in [0, 0.05) is 63.6 Å². The fraction of sp³-hybridized carbons (Fsp3) is 0.370. The number of benzene rings is 1. The Bertz CT molecular complexity index is 1220. The molecular formula is C27H30N6O3. The van der Waals surface area contributed by atoms with Crippen LogP contribution in [0.1, 0.15) is 51.4 Å². The molecule has 0 unspecified atom stereocenters. The van der Waals surface area contributed by atoms with E-state index in [0.717, 1.165) is 17.5 Å². The Morgan fingerprint density at radius 1 is 0.972 bits per heavy atom. The molecule has 9 nitrogen and oxygen atoms in total. The number of fused-ring (bicyclic) bond motifs is 1. The molecule has 2 aromatic heterocycles. The summed E-state index contributed by atoms with van der Waals surface area (Å²) in [6.07, 6.45) is 5.41. The number of rotatable bonds is 6. The molecule has 4 heterocycles. The Balaban J connectivity index is 1.18. The van der Waals surface area contributed by atoms with Crippen molar-refractivity contribution in [2.75, 3.05) is 19.6 Å². The van der Waals surface area contributed by atoms with Gasteiger partial charge in [0.05, 0.1) is 0 Å². The van der Waals surface area contributed by atoms with Gasteiger partial charge in [-0.2, -0.15) is 5.10 Å². The van der Waals surface area contributed by atoms with Gasteiger partial charge in [0.1, 0.15) is 5.69 Å². The van der Waals surface area contributed by atoms with Crippen LogP contribution < -0.4 is 5.32 Å². The van der Waals surface area contributed by atoms with E-state index >= 15 is 0 Å². The van der Waals surface area contributed by atoms with Gasteiger partial charge in [-0.15, -0.1) is 0 Å². The van der Waals surface area contributed by atoms with E-state index in [4.69, 9.17) is 0 Å². The highest BCUT2D eigenvalue weighted by Gasteiger charge is 2.31. The van der Waals surface area contributed by atoms with Crippen molar-refractivity contribution in [3.8, 4) is 0 Å². The lowest BCUT2D eigenvalue weighted by Gasteiger charge is -2.30. The number of carbonyl (C=O) groups excluding carboxylic acids is 3. The van der Waals surface area contributed by atoms with Gasteiger partial charge in [0.25, 0.3) is 11.8 Å². The quantitative estimate of drug-likeness (QED) is 0.577. The second-order valence-electron chi connectivity index (χ2n) is 9.35. The van der Waals surface area contributed by atoms with Gasteiger partial charge in [-0.1, -0.05) is 36.4 Å². The van der Waals surface area contributed by atoms with Gasteiger partial charge in [-0.05, 0) is 36.5 Å². The van der Waals surface area contributed by atoms with Gasteiger partial charge >= 0.3 is 0 Å². The molecule has 2 aliphatic rings. The topological polar surface area (TPSA) is 100 Å². The number of pyridine rings is 1. The van der Waals surface area contributed by atoms with E-state index in [0.29, 0.717) is 63.5 Å². The molecule has 0 atom stereocenters. The van der Waals surface area contributed by atoms with Crippen molar-refractivity contribution >= 4 is 17.7 Å². The smallest absolute Gasteiger partial charge is 0.274 e. The molecule has 0 radical (unpaired) electrons. The number of amides is 3. The van der Waals surface area contributed by atoms with Crippen molar-refractivity contribution < 1.29 is 14.4 Å². The molecule has 186 valence electrons. The number of hydrogen-bond acceptors (Lipinski definition) is 5. The van der Waals surface area contributed by atoms with E-state index in [9.17, 15) is 14.4 Å². The number of likely N-dealkylation sites (tertiary alicyclic amines) is 1. The Hall–Kier alpha value is -4.01. The highest BCUT2D eigenvalue weighted by atomic mass is 16.2. The summed E-state index contributed by atoms with van der Waals surface area (Å²) >= 11 is 0. The number of aromatic nitrogens is 3. The van der Waals surface area contributed by atoms with Crippen molar-refractivity contribution in [3.63, 3.8) is 0 Å². The lowest BCUT2D eigenvalue weighted by molar-refractivity contribution is -0.126. The predicted octanol–water partition coefficient (Wildman–Crippen LogP) is 2.49. The number of nitrogens with one attached hydrogen (secondary N) is 1. The molecule has 5 rings (SSSR count). The molecule has 36 heavy (non-hydrogen) atoms. The first-order valence-electron chi connectivity index (χ1n) is 12.5. The van der Waals surface area contributed by atoms with Crippen LogP contribution in [0.4, 0.5) is 0 Å². The van der Waals surface area contributed by atoms with Crippen LogP contribution >= 0.6 is 0 Å². The largest absolute Gasteiger partial charge is 0.352 e. The minimum absolute atomic E-state index is 0.00348. The van der Waals surface area contributed by atoms with Crippen LogP contribution in [0.3, 0.4) is 0 Å². The number of nitrogens with zero attached hydrogens (tertiary/aromatic N) is 5. The van der Waals surface area contributed by atoms with E-state index < -0.39 is 0 Å². The SMILES string of the molecule is O=C(NCc1cccnc1)C1CCN(C(=O)c2cc3n(n2)CCCN(Cc2ccccc2)C3=O)CC1. The zero-order valence-corrected chi connectivity index (χ0v) is 20.2. The van der Waals surface area contributed by atoms with E-state index in [2.05, 4.69) is 15.4 Å². The Morgan fingerprint density at radius 2 is 1.75 bits per heavy atom. The molecule has 0 spiro atoms. The van der Waals surface area contributed by atoms with E-state index in [-0.39, 0.29) is 23.6 Å². The maximum absolute atomic E-state index is 13.2. The lowest BCUT2D eigenvalue weighted by Crippen LogP contribution is -2.43. The number of piperidine rings is 1. The lowest BCUT2D eigenvalue weighted by atomic mass is 9.95. The minimum atomic E-state index is -0.188. The average molecular weight is 487 g/mol. The summed E-state index contributed by atoms with van der Waals surface area (Å²) in [7, 11) is 0. The first-order chi connectivity index (χ1) is 17.6. The van der Waals surface area contributed by atoms with Crippen LogP contribution in [0, 0.1) is 5.92 Å². The Kier molecular flexibility index (Phi) is 7.06. The fourth-order valence-electron chi connectivity index (χ4n) is 4.84. The van der Waals surface area contributed by atoms with E-state index in [1.54, 1.807) is 28.0 Å². The summed E-state index contributed by atoms with van der Waals surface area (Å²) in [4.78, 5) is 46.6. The molecule has 0 saturated carbocycles. The van der Waals surface area contributed by atoms with Crippen LogP contribution in [-0.4, -0.2) is 61.9 Å². The highest BCUT2D eigenvalue weighted by molar-refractivity contribution is 5.98. The van der Waals surface area contributed by atoms with Crippen LogP contribution in [0.15, 0.2) is 60.9 Å². The maximum atomic E-state index is 13.2. The van der Waals surface area contributed by atoms with Crippen molar-refractivity contribution in [2.45, 2.75) is 38.9 Å². The van der Waals surface area contributed by atoms with Crippen molar-refractivity contribution in [1.82, 2.24) is 29.9 Å². The molecule has 2 aliphatic heterocycles. The molecule has 3 amide bonds. The van der Waals surface area contributed by atoms with Crippen LogP contribution in [0.25, 0.3) is 0 Å². The third kappa shape index (κ3) is 5.30.